The van der Waals surface area contributed by atoms with Gasteiger partial charge in [-0.1, -0.05) is 0 Å². The Morgan fingerprint density at radius 2 is 2.10 bits per heavy atom. The Labute approximate surface area is 124 Å². The van der Waals surface area contributed by atoms with Gasteiger partial charge in [0.1, 0.15) is 5.78 Å². The summed E-state index contributed by atoms with van der Waals surface area (Å²) in [6.45, 7) is 5.07. The van der Waals surface area contributed by atoms with Gasteiger partial charge in [-0.2, -0.15) is 0 Å². The minimum absolute atomic E-state index is 0.0332. The second-order valence-corrected chi connectivity index (χ2v) is 6.85. The zero-order chi connectivity index (χ0) is 15.6. The SMILES string of the molecule is CO[C@]12C[C@@](C)(O)[C@@H]3CC[C@H](C(C)=O)[C@H]3C1=C(C)C(=O)O2. The maximum Gasteiger partial charge on any atom is 0.336 e. The summed E-state index contributed by atoms with van der Waals surface area (Å²) in [4.78, 5) is 24.1. The minimum atomic E-state index is -1.20. The molecule has 3 rings (SSSR count). The highest BCUT2D eigenvalue weighted by Gasteiger charge is 2.64. The summed E-state index contributed by atoms with van der Waals surface area (Å²) < 4.78 is 11.0. The number of rotatable bonds is 2. The van der Waals surface area contributed by atoms with E-state index < -0.39 is 17.4 Å². The van der Waals surface area contributed by atoms with Gasteiger partial charge in [-0.25, -0.2) is 4.79 Å². The van der Waals surface area contributed by atoms with E-state index in [9.17, 15) is 14.7 Å². The van der Waals surface area contributed by atoms with Gasteiger partial charge < -0.3 is 14.6 Å². The van der Waals surface area contributed by atoms with E-state index in [0.29, 0.717) is 5.57 Å². The lowest BCUT2D eigenvalue weighted by Gasteiger charge is -2.48. The topological polar surface area (TPSA) is 72.8 Å². The van der Waals surface area contributed by atoms with Gasteiger partial charge in [-0.15, -0.1) is 0 Å². The van der Waals surface area contributed by atoms with Crippen molar-refractivity contribution in [1.29, 1.82) is 0 Å². The molecule has 0 aromatic carbocycles. The fraction of sp³-hybridized carbons (Fsp3) is 0.750. The van der Waals surface area contributed by atoms with Crippen LogP contribution < -0.4 is 0 Å². The van der Waals surface area contributed by atoms with E-state index in [-0.39, 0.29) is 30.0 Å². The van der Waals surface area contributed by atoms with Crippen LogP contribution in [-0.4, -0.2) is 35.4 Å². The lowest BCUT2D eigenvalue weighted by atomic mass is 9.63. The average molecular weight is 294 g/mol. The molecule has 116 valence electrons. The van der Waals surface area contributed by atoms with Crippen molar-refractivity contribution in [2.45, 2.75) is 51.4 Å². The van der Waals surface area contributed by atoms with Crippen LogP contribution >= 0.6 is 0 Å². The van der Waals surface area contributed by atoms with Crippen LogP contribution in [0, 0.1) is 17.8 Å². The third kappa shape index (κ3) is 1.83. The lowest BCUT2D eigenvalue weighted by molar-refractivity contribution is -0.232. The van der Waals surface area contributed by atoms with E-state index in [1.54, 1.807) is 20.8 Å². The Bertz CT molecular complexity index is 547. The van der Waals surface area contributed by atoms with Crippen LogP contribution in [0.25, 0.3) is 0 Å². The number of fused-ring (bicyclic) bond motifs is 3. The van der Waals surface area contributed by atoms with Crippen LogP contribution in [0.1, 0.15) is 40.0 Å². The fourth-order valence-corrected chi connectivity index (χ4v) is 4.69. The quantitative estimate of drug-likeness (QED) is 0.783. The smallest absolute Gasteiger partial charge is 0.336 e. The van der Waals surface area contributed by atoms with Gasteiger partial charge in [0.2, 0.25) is 5.79 Å². The van der Waals surface area contributed by atoms with E-state index in [2.05, 4.69) is 0 Å². The molecule has 1 aliphatic heterocycles. The van der Waals surface area contributed by atoms with Gasteiger partial charge in [0.05, 0.1) is 5.60 Å². The van der Waals surface area contributed by atoms with Crippen molar-refractivity contribution in [3.05, 3.63) is 11.1 Å². The molecule has 2 fully saturated rings. The molecule has 0 aromatic rings. The summed E-state index contributed by atoms with van der Waals surface area (Å²) in [6.07, 6.45) is 1.75. The maximum absolute atomic E-state index is 12.1. The van der Waals surface area contributed by atoms with Crippen molar-refractivity contribution in [3.63, 3.8) is 0 Å². The van der Waals surface area contributed by atoms with Crippen molar-refractivity contribution < 1.29 is 24.2 Å². The number of ketones is 1. The number of carbonyl (C=O) groups is 2. The zero-order valence-corrected chi connectivity index (χ0v) is 12.9. The Hall–Kier alpha value is -1.20. The van der Waals surface area contributed by atoms with Crippen LogP contribution in [0.2, 0.25) is 0 Å². The molecule has 0 radical (unpaired) electrons. The molecular weight excluding hydrogens is 272 g/mol. The van der Waals surface area contributed by atoms with Crippen LogP contribution in [0.15, 0.2) is 11.1 Å². The number of carbonyl (C=O) groups excluding carboxylic acids is 2. The summed E-state index contributed by atoms with van der Waals surface area (Å²) in [5, 5.41) is 10.9. The number of Topliss-reactive ketones (excluding diaryl/α,β-unsaturated/α-hetero) is 1. The van der Waals surface area contributed by atoms with Crippen LogP contribution in [-0.2, 0) is 19.1 Å². The van der Waals surface area contributed by atoms with Gasteiger partial charge in [0, 0.05) is 36.5 Å². The van der Waals surface area contributed by atoms with Crippen LogP contribution in [0.5, 0.6) is 0 Å². The van der Waals surface area contributed by atoms with E-state index >= 15 is 0 Å². The predicted octanol–water partition coefficient (Wildman–Crippen LogP) is 1.59. The number of methoxy groups -OCH3 is 1. The van der Waals surface area contributed by atoms with E-state index in [1.807, 2.05) is 0 Å². The van der Waals surface area contributed by atoms with E-state index in [4.69, 9.17) is 9.47 Å². The standard InChI is InChI=1S/C16H22O5/c1-8-13-12-10(9(2)17)5-6-11(12)15(3,19)7-16(13,20-4)21-14(8)18/h10-12,19H,5-7H2,1-4H3/t10-,11-,12-,15-,16+/m1/s1. The first-order valence-corrected chi connectivity index (χ1v) is 7.46. The van der Waals surface area contributed by atoms with E-state index in [0.717, 1.165) is 18.4 Å². The number of aliphatic hydroxyl groups is 1. The summed E-state index contributed by atoms with van der Waals surface area (Å²) in [7, 11) is 1.49. The molecule has 0 aromatic heterocycles. The van der Waals surface area contributed by atoms with Crippen molar-refractivity contribution in [2.75, 3.05) is 7.11 Å². The molecule has 2 saturated carbocycles. The molecule has 2 aliphatic carbocycles. The number of hydrogen-bond donors (Lipinski definition) is 1. The summed E-state index contributed by atoms with van der Waals surface area (Å²) in [5.74, 6) is -1.88. The van der Waals surface area contributed by atoms with Gasteiger partial charge in [-0.3, -0.25) is 4.79 Å². The highest BCUT2D eigenvalue weighted by molar-refractivity contribution is 5.93. The van der Waals surface area contributed by atoms with Gasteiger partial charge in [0.15, 0.2) is 0 Å². The molecule has 0 spiro atoms. The normalized spacial score (nSPS) is 45.4. The molecular formula is C16H22O5. The highest BCUT2D eigenvalue weighted by Crippen LogP contribution is 2.59. The first-order valence-electron chi connectivity index (χ1n) is 7.46. The number of ether oxygens (including phenoxy) is 2. The largest absolute Gasteiger partial charge is 0.425 e. The number of esters is 1. The molecule has 0 unspecified atom stereocenters. The Morgan fingerprint density at radius 1 is 1.43 bits per heavy atom. The first kappa shape index (κ1) is 14.7. The van der Waals surface area contributed by atoms with Crippen molar-refractivity contribution in [2.24, 2.45) is 17.8 Å². The molecule has 3 aliphatic rings. The maximum atomic E-state index is 12.1. The van der Waals surface area contributed by atoms with E-state index in [1.165, 1.54) is 7.11 Å². The molecule has 5 nitrogen and oxygen atoms in total. The first-order chi connectivity index (χ1) is 9.73. The minimum Gasteiger partial charge on any atom is -0.425 e. The third-order valence-corrected chi connectivity index (χ3v) is 5.61. The van der Waals surface area contributed by atoms with Crippen molar-refractivity contribution in [3.8, 4) is 0 Å². The molecule has 0 bridgehead atoms. The fourth-order valence-electron chi connectivity index (χ4n) is 4.69. The Morgan fingerprint density at radius 3 is 2.67 bits per heavy atom. The Balaban J connectivity index is 2.17. The molecule has 1 N–H and O–H groups in total. The molecule has 5 heteroatoms. The summed E-state index contributed by atoms with van der Waals surface area (Å²) in [5.41, 5.74) is 0.305. The van der Waals surface area contributed by atoms with Gasteiger partial charge in [0.25, 0.3) is 0 Å². The van der Waals surface area contributed by atoms with Crippen molar-refractivity contribution >= 4 is 11.8 Å². The second-order valence-electron chi connectivity index (χ2n) is 6.85. The van der Waals surface area contributed by atoms with Crippen LogP contribution in [0.3, 0.4) is 0 Å². The molecule has 1 heterocycles. The molecule has 21 heavy (non-hydrogen) atoms. The molecule has 0 amide bonds. The second kappa shape index (κ2) is 4.40. The van der Waals surface area contributed by atoms with Gasteiger partial charge in [-0.05, 0) is 39.5 Å². The highest BCUT2D eigenvalue weighted by atomic mass is 16.7. The van der Waals surface area contributed by atoms with Gasteiger partial charge >= 0.3 is 5.97 Å². The zero-order valence-electron chi connectivity index (χ0n) is 12.9. The predicted molar refractivity (Wildman–Crippen MR) is 74.2 cm³/mol. The monoisotopic (exact) mass is 294 g/mol. The lowest BCUT2D eigenvalue weighted by Crippen LogP contribution is -2.55. The third-order valence-electron chi connectivity index (χ3n) is 5.61. The summed E-state index contributed by atoms with van der Waals surface area (Å²) in [6, 6.07) is 0. The summed E-state index contributed by atoms with van der Waals surface area (Å²) >= 11 is 0. The van der Waals surface area contributed by atoms with Crippen LogP contribution in [0.4, 0.5) is 0 Å². The molecule has 0 saturated heterocycles. The Kier molecular flexibility index (Phi) is 3.08. The number of hydrogen-bond acceptors (Lipinski definition) is 5. The van der Waals surface area contributed by atoms with Crippen molar-refractivity contribution in [1.82, 2.24) is 0 Å². The average Bonchev–Trinajstić information content (AvgIpc) is 2.91. The molecule has 5 atom stereocenters.